The highest BCUT2D eigenvalue weighted by Crippen LogP contribution is 2.33. The number of rotatable bonds is 8. The molecule has 0 atom stereocenters. The Labute approximate surface area is 346 Å². The van der Waals surface area contributed by atoms with E-state index in [1.165, 1.54) is 0 Å². The number of aromatic nitrogens is 7. The van der Waals surface area contributed by atoms with Crippen molar-refractivity contribution in [1.82, 2.24) is 34.1 Å². The van der Waals surface area contributed by atoms with Crippen molar-refractivity contribution in [2.24, 2.45) is 0 Å². The standard InChI is InChI=1S/C53H35N7/c1-4-14-36(15-5-1)37-24-26-38(27-25-37)49-56-50(39-28-32-41(33-29-39)52-54-45-20-10-12-22-47(45)59(52)43-16-6-2-7-17-43)58-51(57-49)40-30-34-42(35-31-40)53-55-46-21-11-13-23-48(46)60(53)44-18-8-3-9-19-44/h1-35H. The lowest BCUT2D eigenvalue weighted by molar-refractivity contribution is 1.07. The predicted octanol–water partition coefficient (Wildman–Crippen LogP) is 12.6. The summed E-state index contributed by atoms with van der Waals surface area (Å²) in [6.45, 7) is 0. The maximum Gasteiger partial charge on any atom is 0.164 e. The molecule has 0 N–H and O–H groups in total. The van der Waals surface area contributed by atoms with Gasteiger partial charge in [0.15, 0.2) is 17.5 Å². The second kappa shape index (κ2) is 14.9. The van der Waals surface area contributed by atoms with Crippen LogP contribution in [0.15, 0.2) is 212 Å². The largest absolute Gasteiger partial charge is 0.292 e. The first-order chi connectivity index (χ1) is 29.7. The Balaban J connectivity index is 1.00. The Morgan fingerprint density at radius 1 is 0.233 bits per heavy atom. The molecule has 8 aromatic carbocycles. The van der Waals surface area contributed by atoms with Crippen LogP contribution in [0.4, 0.5) is 0 Å². The number of fused-ring (bicyclic) bond motifs is 2. The first-order valence-corrected chi connectivity index (χ1v) is 19.9. The van der Waals surface area contributed by atoms with Crippen molar-refractivity contribution in [1.29, 1.82) is 0 Å². The van der Waals surface area contributed by atoms with E-state index in [2.05, 4.69) is 191 Å². The normalized spacial score (nSPS) is 11.3. The van der Waals surface area contributed by atoms with E-state index in [4.69, 9.17) is 24.9 Å². The smallest absolute Gasteiger partial charge is 0.164 e. The first-order valence-electron chi connectivity index (χ1n) is 19.9. The van der Waals surface area contributed by atoms with Crippen LogP contribution < -0.4 is 0 Å². The van der Waals surface area contributed by atoms with Gasteiger partial charge in [0, 0.05) is 39.2 Å². The summed E-state index contributed by atoms with van der Waals surface area (Å²) in [6.07, 6.45) is 0. The van der Waals surface area contributed by atoms with Gasteiger partial charge >= 0.3 is 0 Å². The van der Waals surface area contributed by atoms with Gasteiger partial charge < -0.3 is 0 Å². The fraction of sp³-hybridized carbons (Fsp3) is 0. The minimum absolute atomic E-state index is 0.584. The van der Waals surface area contributed by atoms with E-state index in [9.17, 15) is 0 Å². The second-order valence-electron chi connectivity index (χ2n) is 14.6. The van der Waals surface area contributed by atoms with Crippen molar-refractivity contribution in [2.45, 2.75) is 0 Å². The zero-order valence-electron chi connectivity index (χ0n) is 32.3. The Hall–Kier alpha value is -8.29. The summed E-state index contributed by atoms with van der Waals surface area (Å²) < 4.78 is 4.42. The number of benzene rings is 8. The number of hydrogen-bond donors (Lipinski definition) is 0. The molecule has 0 spiro atoms. The van der Waals surface area contributed by atoms with Gasteiger partial charge in [0.1, 0.15) is 11.6 Å². The first kappa shape index (κ1) is 34.9. The molecule has 11 rings (SSSR count). The van der Waals surface area contributed by atoms with Gasteiger partial charge in [-0.15, -0.1) is 0 Å². The van der Waals surface area contributed by atoms with Crippen LogP contribution >= 0.6 is 0 Å². The summed E-state index contributed by atoms with van der Waals surface area (Å²) in [4.78, 5) is 25.4. The van der Waals surface area contributed by atoms with Gasteiger partial charge in [0.05, 0.1) is 22.1 Å². The SMILES string of the molecule is c1ccc(-c2ccc(-c3nc(-c4ccc(-c5nc6ccccc6n5-c5ccccc5)cc4)nc(-c4ccc(-c5nc6ccccc6n5-c5ccccc5)cc4)n3)cc2)cc1. The van der Waals surface area contributed by atoms with Crippen LogP contribution in [0, 0.1) is 0 Å². The third kappa shape index (κ3) is 6.40. The average Bonchev–Trinajstić information content (AvgIpc) is 3.92. The molecule has 11 aromatic rings. The summed E-state index contributed by atoms with van der Waals surface area (Å²) in [7, 11) is 0. The van der Waals surface area contributed by atoms with Gasteiger partial charge in [-0.2, -0.15) is 0 Å². The van der Waals surface area contributed by atoms with Crippen molar-refractivity contribution in [2.75, 3.05) is 0 Å². The zero-order valence-corrected chi connectivity index (χ0v) is 32.3. The molecule has 0 fully saturated rings. The summed E-state index contributed by atoms with van der Waals surface area (Å²) in [5, 5.41) is 0. The van der Waals surface area contributed by atoms with Gasteiger partial charge in [0.25, 0.3) is 0 Å². The van der Waals surface area contributed by atoms with Gasteiger partial charge in [-0.25, -0.2) is 24.9 Å². The highest BCUT2D eigenvalue weighted by Gasteiger charge is 2.18. The summed E-state index contributed by atoms with van der Waals surface area (Å²) in [5.74, 6) is 3.50. The van der Waals surface area contributed by atoms with E-state index >= 15 is 0 Å². The summed E-state index contributed by atoms with van der Waals surface area (Å²) in [5.41, 5.74) is 13.0. The van der Waals surface area contributed by atoms with Crippen LogP contribution in [0.2, 0.25) is 0 Å². The predicted molar refractivity (Wildman–Crippen MR) is 242 cm³/mol. The highest BCUT2D eigenvalue weighted by molar-refractivity contribution is 5.85. The van der Waals surface area contributed by atoms with E-state index in [1.54, 1.807) is 0 Å². The second-order valence-corrected chi connectivity index (χ2v) is 14.6. The van der Waals surface area contributed by atoms with Crippen LogP contribution in [-0.4, -0.2) is 34.1 Å². The maximum absolute atomic E-state index is 5.11. The summed E-state index contributed by atoms with van der Waals surface area (Å²) >= 11 is 0. The van der Waals surface area contributed by atoms with Gasteiger partial charge in [-0.3, -0.25) is 9.13 Å². The maximum atomic E-state index is 5.11. The lowest BCUT2D eigenvalue weighted by Crippen LogP contribution is -2.01. The van der Waals surface area contributed by atoms with E-state index in [-0.39, 0.29) is 0 Å². The molecule has 282 valence electrons. The monoisotopic (exact) mass is 769 g/mol. The molecule has 3 heterocycles. The number of hydrogen-bond acceptors (Lipinski definition) is 5. The van der Waals surface area contributed by atoms with Gasteiger partial charge in [-0.1, -0.05) is 164 Å². The van der Waals surface area contributed by atoms with Crippen LogP contribution in [0.5, 0.6) is 0 Å². The van der Waals surface area contributed by atoms with Crippen molar-refractivity contribution < 1.29 is 0 Å². The number of para-hydroxylation sites is 6. The Bertz CT molecular complexity index is 3090. The van der Waals surface area contributed by atoms with Crippen LogP contribution in [-0.2, 0) is 0 Å². The molecule has 0 saturated heterocycles. The third-order valence-electron chi connectivity index (χ3n) is 10.8. The molecule has 0 radical (unpaired) electrons. The zero-order chi connectivity index (χ0) is 39.8. The average molecular weight is 770 g/mol. The van der Waals surface area contributed by atoms with Crippen molar-refractivity contribution >= 4 is 22.1 Å². The topological polar surface area (TPSA) is 74.3 Å². The van der Waals surface area contributed by atoms with Crippen molar-refractivity contribution in [3.05, 3.63) is 212 Å². The minimum Gasteiger partial charge on any atom is -0.292 e. The number of nitrogens with zero attached hydrogens (tertiary/aromatic N) is 7. The van der Waals surface area contributed by atoms with E-state index in [0.717, 1.165) is 84.0 Å². The van der Waals surface area contributed by atoms with Crippen LogP contribution in [0.3, 0.4) is 0 Å². The molecule has 0 aliphatic carbocycles. The number of imidazole rings is 2. The van der Waals surface area contributed by atoms with E-state index in [1.807, 2.05) is 30.3 Å². The lowest BCUT2D eigenvalue weighted by atomic mass is 10.0. The molecule has 0 unspecified atom stereocenters. The van der Waals surface area contributed by atoms with E-state index < -0.39 is 0 Å². The van der Waals surface area contributed by atoms with Gasteiger partial charge in [-0.05, 0) is 59.7 Å². The molecule has 7 heteroatoms. The summed E-state index contributed by atoms with van der Waals surface area (Å²) in [6, 6.07) is 72.7. The van der Waals surface area contributed by atoms with E-state index in [0.29, 0.717) is 17.5 Å². The molecule has 0 aliphatic rings. The van der Waals surface area contributed by atoms with Gasteiger partial charge in [0.2, 0.25) is 0 Å². The van der Waals surface area contributed by atoms with Crippen molar-refractivity contribution in [3.63, 3.8) is 0 Å². The quantitative estimate of drug-likeness (QED) is 0.154. The Morgan fingerprint density at radius 3 is 0.933 bits per heavy atom. The van der Waals surface area contributed by atoms with Crippen LogP contribution in [0.25, 0.3) is 102 Å². The fourth-order valence-corrected chi connectivity index (χ4v) is 7.86. The Morgan fingerprint density at radius 2 is 0.533 bits per heavy atom. The molecule has 60 heavy (non-hydrogen) atoms. The third-order valence-corrected chi connectivity index (χ3v) is 10.8. The van der Waals surface area contributed by atoms with Crippen LogP contribution in [0.1, 0.15) is 0 Å². The highest BCUT2D eigenvalue weighted by atomic mass is 15.1. The molecule has 3 aromatic heterocycles. The lowest BCUT2D eigenvalue weighted by Gasteiger charge is -2.12. The minimum atomic E-state index is 0.584. The molecule has 0 bridgehead atoms. The molecule has 0 saturated carbocycles. The molecular formula is C53H35N7. The molecule has 0 amide bonds. The fourth-order valence-electron chi connectivity index (χ4n) is 7.86. The van der Waals surface area contributed by atoms with Crippen molar-refractivity contribution in [3.8, 4) is 79.4 Å². The molecular weight excluding hydrogens is 735 g/mol. The molecule has 0 aliphatic heterocycles. The Kier molecular flexibility index (Phi) is 8.67. The molecule has 7 nitrogen and oxygen atoms in total.